The fraction of sp³-hybridized carbons (Fsp3) is 0.667. The van der Waals surface area contributed by atoms with Gasteiger partial charge in [0.15, 0.2) is 5.69 Å². The van der Waals surface area contributed by atoms with Crippen molar-refractivity contribution >= 4 is 12.1 Å². The molecule has 1 aliphatic rings. The third-order valence-electron chi connectivity index (χ3n) is 3.54. The smallest absolute Gasteiger partial charge is 0.410 e. The summed E-state index contributed by atoms with van der Waals surface area (Å²) in [6.07, 6.45) is 1.37. The fourth-order valence-corrected chi connectivity index (χ4v) is 2.61. The number of amides is 1. The number of aromatic nitrogens is 2. The van der Waals surface area contributed by atoms with E-state index >= 15 is 0 Å². The first-order valence-corrected chi connectivity index (χ1v) is 7.45. The van der Waals surface area contributed by atoms with Gasteiger partial charge in [0.2, 0.25) is 0 Å². The Balaban J connectivity index is 2.10. The normalized spacial score (nSPS) is 19.1. The Hall–Kier alpha value is -2.05. The zero-order valence-corrected chi connectivity index (χ0v) is 13.5. The second-order valence-corrected chi connectivity index (χ2v) is 6.64. The van der Waals surface area contributed by atoms with Crippen molar-refractivity contribution in [2.75, 3.05) is 13.1 Å². The monoisotopic (exact) mass is 309 g/mol. The minimum absolute atomic E-state index is 0.0191. The number of piperidine rings is 1. The van der Waals surface area contributed by atoms with Crippen LogP contribution in [0.5, 0.6) is 0 Å². The molecule has 1 aromatic heterocycles. The molecule has 2 heterocycles. The molecule has 1 N–H and O–H groups in total. The largest absolute Gasteiger partial charge is 0.476 e. The van der Waals surface area contributed by atoms with Crippen molar-refractivity contribution < 1.29 is 19.4 Å². The lowest BCUT2D eigenvalue weighted by molar-refractivity contribution is 0.0165. The summed E-state index contributed by atoms with van der Waals surface area (Å²) in [7, 11) is 0. The van der Waals surface area contributed by atoms with Gasteiger partial charge in [0.1, 0.15) is 5.60 Å². The van der Waals surface area contributed by atoms with Gasteiger partial charge in [-0.05, 0) is 46.6 Å². The highest BCUT2D eigenvalue weighted by Crippen LogP contribution is 2.24. The van der Waals surface area contributed by atoms with Gasteiger partial charge in [-0.15, -0.1) is 0 Å². The highest BCUT2D eigenvalue weighted by molar-refractivity contribution is 5.85. The summed E-state index contributed by atoms with van der Waals surface area (Å²) < 4.78 is 7.11. The molecule has 7 heteroatoms. The molecule has 1 aliphatic heterocycles. The number of carboxylic acid groups (broad SMARTS) is 1. The number of rotatable bonds is 2. The minimum Gasteiger partial charge on any atom is -0.476 e. The molecule has 1 aromatic rings. The number of aryl methyl sites for hydroxylation is 1. The predicted molar refractivity (Wildman–Crippen MR) is 80.0 cm³/mol. The highest BCUT2D eigenvalue weighted by atomic mass is 16.6. The maximum atomic E-state index is 12.2. The zero-order chi connectivity index (χ0) is 16.5. The van der Waals surface area contributed by atoms with Crippen LogP contribution < -0.4 is 0 Å². The summed E-state index contributed by atoms with van der Waals surface area (Å²) in [4.78, 5) is 24.9. The molecule has 7 nitrogen and oxygen atoms in total. The predicted octanol–water partition coefficient (Wildman–Crippen LogP) is 2.46. The molecule has 0 spiro atoms. The molecule has 0 saturated carbocycles. The van der Waals surface area contributed by atoms with Crippen molar-refractivity contribution in [3.05, 3.63) is 17.5 Å². The second-order valence-electron chi connectivity index (χ2n) is 6.64. The molecule has 1 atom stereocenters. The molecule has 0 unspecified atom stereocenters. The molecule has 1 saturated heterocycles. The van der Waals surface area contributed by atoms with Crippen molar-refractivity contribution in [1.82, 2.24) is 14.7 Å². The van der Waals surface area contributed by atoms with Crippen LogP contribution in [-0.2, 0) is 4.74 Å². The van der Waals surface area contributed by atoms with Gasteiger partial charge >= 0.3 is 12.1 Å². The van der Waals surface area contributed by atoms with Crippen molar-refractivity contribution in [1.29, 1.82) is 0 Å². The summed E-state index contributed by atoms with van der Waals surface area (Å²) in [6.45, 7) is 8.47. The van der Waals surface area contributed by atoms with Gasteiger partial charge in [0.25, 0.3) is 0 Å². The molecular formula is C15H23N3O4. The maximum absolute atomic E-state index is 12.2. The average Bonchev–Trinajstić information content (AvgIpc) is 2.79. The van der Waals surface area contributed by atoms with Gasteiger partial charge in [-0.1, -0.05) is 0 Å². The van der Waals surface area contributed by atoms with Crippen LogP contribution in [0.3, 0.4) is 0 Å². The minimum atomic E-state index is -1.04. The number of nitrogens with zero attached hydrogens (tertiary/aromatic N) is 3. The van der Waals surface area contributed by atoms with Gasteiger partial charge in [-0.2, -0.15) is 5.10 Å². The van der Waals surface area contributed by atoms with E-state index in [1.54, 1.807) is 15.6 Å². The number of ether oxygens (including phenoxy) is 1. The lowest BCUT2D eigenvalue weighted by Crippen LogP contribution is -2.43. The number of hydrogen-bond donors (Lipinski definition) is 1. The number of aromatic carboxylic acids is 1. The van der Waals surface area contributed by atoms with Crippen molar-refractivity contribution in [2.45, 2.75) is 52.2 Å². The molecule has 1 amide bonds. The Labute approximate surface area is 129 Å². The maximum Gasteiger partial charge on any atom is 0.410 e. The van der Waals surface area contributed by atoms with Gasteiger partial charge in [0, 0.05) is 18.8 Å². The second kappa shape index (κ2) is 5.98. The standard InChI is InChI=1S/C15H23N3O4/c1-10-8-12(13(19)20)16-18(10)11-6-5-7-17(9-11)14(21)22-15(2,3)4/h8,11H,5-7,9H2,1-4H3,(H,19,20)/t11-/m0/s1. The van der Waals surface area contributed by atoms with Crippen LogP contribution in [0.1, 0.15) is 55.8 Å². The molecule has 0 aliphatic carbocycles. The van der Waals surface area contributed by atoms with Gasteiger partial charge in [-0.25, -0.2) is 9.59 Å². The number of carbonyl (C=O) groups excluding carboxylic acids is 1. The van der Waals surface area contributed by atoms with Gasteiger partial charge in [-0.3, -0.25) is 4.68 Å². The molecule has 122 valence electrons. The molecule has 0 radical (unpaired) electrons. The Morgan fingerprint density at radius 2 is 2.09 bits per heavy atom. The fourth-order valence-electron chi connectivity index (χ4n) is 2.61. The van der Waals surface area contributed by atoms with Crippen LogP contribution in [0.15, 0.2) is 6.07 Å². The van der Waals surface area contributed by atoms with Gasteiger partial charge < -0.3 is 14.7 Å². The van der Waals surface area contributed by atoms with Crippen LogP contribution in [0.2, 0.25) is 0 Å². The Morgan fingerprint density at radius 1 is 1.41 bits per heavy atom. The molecule has 1 fully saturated rings. The number of likely N-dealkylation sites (tertiary alicyclic amines) is 1. The molecule has 2 rings (SSSR count). The summed E-state index contributed by atoms with van der Waals surface area (Å²) in [5.74, 6) is -1.04. The van der Waals surface area contributed by atoms with E-state index in [4.69, 9.17) is 9.84 Å². The summed E-state index contributed by atoms with van der Waals surface area (Å²) in [6, 6.07) is 1.53. The van der Waals surface area contributed by atoms with Gasteiger partial charge in [0.05, 0.1) is 6.04 Å². The van der Waals surface area contributed by atoms with E-state index in [9.17, 15) is 9.59 Å². The number of carboxylic acids is 1. The van der Waals surface area contributed by atoms with Crippen molar-refractivity contribution in [3.63, 3.8) is 0 Å². The van der Waals surface area contributed by atoms with Crippen molar-refractivity contribution in [2.24, 2.45) is 0 Å². The third-order valence-corrected chi connectivity index (χ3v) is 3.54. The molecule has 0 aromatic carbocycles. The quantitative estimate of drug-likeness (QED) is 0.907. The molecule has 22 heavy (non-hydrogen) atoms. The van der Waals surface area contributed by atoms with E-state index < -0.39 is 11.6 Å². The van der Waals surface area contributed by atoms with Crippen LogP contribution >= 0.6 is 0 Å². The Bertz CT molecular complexity index is 574. The lowest BCUT2D eigenvalue weighted by atomic mass is 10.1. The summed E-state index contributed by atoms with van der Waals surface area (Å²) >= 11 is 0. The van der Waals surface area contributed by atoms with E-state index in [2.05, 4.69) is 5.10 Å². The summed E-state index contributed by atoms with van der Waals surface area (Å²) in [5.41, 5.74) is 0.294. The first-order chi connectivity index (χ1) is 10.2. The van der Waals surface area contributed by atoms with Crippen LogP contribution in [0.25, 0.3) is 0 Å². The van der Waals surface area contributed by atoms with E-state index in [0.717, 1.165) is 18.5 Å². The van der Waals surface area contributed by atoms with Crippen LogP contribution in [0.4, 0.5) is 4.79 Å². The topological polar surface area (TPSA) is 84.7 Å². The van der Waals surface area contributed by atoms with Crippen LogP contribution in [-0.4, -0.2) is 50.5 Å². The van der Waals surface area contributed by atoms with E-state index in [1.165, 1.54) is 0 Å². The average molecular weight is 309 g/mol. The SMILES string of the molecule is Cc1cc(C(=O)O)nn1[C@H]1CCCN(C(=O)OC(C)(C)C)C1. The Kier molecular flexibility index (Phi) is 4.44. The number of hydrogen-bond acceptors (Lipinski definition) is 4. The molecule has 0 bridgehead atoms. The van der Waals surface area contributed by atoms with E-state index in [0.29, 0.717) is 13.1 Å². The Morgan fingerprint density at radius 3 is 2.64 bits per heavy atom. The van der Waals surface area contributed by atoms with Crippen molar-refractivity contribution in [3.8, 4) is 0 Å². The van der Waals surface area contributed by atoms with E-state index in [1.807, 2.05) is 27.7 Å². The van der Waals surface area contributed by atoms with E-state index in [-0.39, 0.29) is 17.8 Å². The van der Waals surface area contributed by atoms with Crippen LogP contribution in [0, 0.1) is 6.92 Å². The summed E-state index contributed by atoms with van der Waals surface area (Å²) in [5, 5.41) is 13.2. The number of carbonyl (C=O) groups is 2. The first-order valence-electron chi connectivity index (χ1n) is 7.45. The first kappa shape index (κ1) is 16.3. The highest BCUT2D eigenvalue weighted by Gasteiger charge is 2.29. The third kappa shape index (κ3) is 3.78. The lowest BCUT2D eigenvalue weighted by Gasteiger charge is -2.34. The molecular weight excluding hydrogens is 286 g/mol. The zero-order valence-electron chi connectivity index (χ0n) is 13.5.